The first kappa shape index (κ1) is 22.4. The summed E-state index contributed by atoms with van der Waals surface area (Å²) in [5.41, 5.74) is 3.27. The van der Waals surface area contributed by atoms with Crippen molar-refractivity contribution in [1.82, 2.24) is 29.8 Å². The summed E-state index contributed by atoms with van der Waals surface area (Å²) in [5.74, 6) is 1.99. The average Bonchev–Trinajstić information content (AvgIpc) is 3.34. The molecule has 4 aromatic rings. The summed E-state index contributed by atoms with van der Waals surface area (Å²) in [5, 5.41) is 12.2. The normalized spacial score (nSPS) is 11.0. The highest BCUT2D eigenvalue weighted by molar-refractivity contribution is 5.63. The molecule has 4 rings (SSSR count). The lowest BCUT2D eigenvalue weighted by molar-refractivity contribution is 0.207. The van der Waals surface area contributed by atoms with Gasteiger partial charge in [0.05, 0.1) is 30.8 Å². The molecular formula is C24H27N7O2. The van der Waals surface area contributed by atoms with E-state index in [0.29, 0.717) is 19.1 Å². The summed E-state index contributed by atoms with van der Waals surface area (Å²) in [4.78, 5) is 22.9. The van der Waals surface area contributed by atoms with Gasteiger partial charge < -0.3 is 25.0 Å². The van der Waals surface area contributed by atoms with Crippen molar-refractivity contribution in [3.8, 4) is 28.5 Å². The summed E-state index contributed by atoms with van der Waals surface area (Å²) in [6.45, 7) is 2.31. The molecule has 0 aliphatic heterocycles. The van der Waals surface area contributed by atoms with Crippen LogP contribution in [0.15, 0.2) is 67.3 Å². The Hall–Kier alpha value is -3.82. The number of pyridine rings is 1. The molecule has 3 heterocycles. The number of aliphatic hydroxyl groups excluding tert-OH is 1. The number of H-pyrrole nitrogens is 1. The number of hydrogen-bond donors (Lipinski definition) is 3. The summed E-state index contributed by atoms with van der Waals surface area (Å²) in [6, 6.07) is 13.4. The Morgan fingerprint density at radius 1 is 1.06 bits per heavy atom. The maximum Gasteiger partial charge on any atom is 0.227 e. The van der Waals surface area contributed by atoms with Crippen LogP contribution in [0, 0.1) is 0 Å². The Balaban J connectivity index is 1.38. The molecule has 9 nitrogen and oxygen atoms in total. The fraction of sp³-hybridized carbons (Fsp3) is 0.250. The second-order valence-corrected chi connectivity index (χ2v) is 7.53. The van der Waals surface area contributed by atoms with Gasteiger partial charge in [0.15, 0.2) is 0 Å². The van der Waals surface area contributed by atoms with E-state index in [9.17, 15) is 0 Å². The fourth-order valence-electron chi connectivity index (χ4n) is 3.27. The molecule has 0 saturated heterocycles. The molecule has 0 saturated carbocycles. The SMILES string of the molecule is CN(CCO)CCCOc1cccc(Nc2nccc(-c3cnc(-c4cccnc4)[nH]3)n2)c1. The second-order valence-electron chi connectivity index (χ2n) is 7.53. The number of benzene rings is 1. The minimum absolute atomic E-state index is 0.167. The molecule has 0 spiro atoms. The number of anilines is 2. The van der Waals surface area contributed by atoms with E-state index >= 15 is 0 Å². The maximum absolute atomic E-state index is 8.96. The Kier molecular flexibility index (Phi) is 7.57. The first-order valence-electron chi connectivity index (χ1n) is 10.8. The van der Waals surface area contributed by atoms with Crippen molar-refractivity contribution in [2.75, 3.05) is 38.7 Å². The zero-order valence-corrected chi connectivity index (χ0v) is 18.5. The van der Waals surface area contributed by atoms with Crippen LogP contribution in [0.5, 0.6) is 5.75 Å². The van der Waals surface area contributed by atoms with Crippen LogP contribution in [-0.2, 0) is 0 Å². The van der Waals surface area contributed by atoms with Crippen LogP contribution in [0.3, 0.4) is 0 Å². The number of nitrogens with zero attached hydrogens (tertiary/aromatic N) is 5. The maximum atomic E-state index is 8.96. The van der Waals surface area contributed by atoms with Crippen molar-refractivity contribution in [2.45, 2.75) is 6.42 Å². The molecule has 1 aromatic carbocycles. The van der Waals surface area contributed by atoms with Crippen molar-refractivity contribution >= 4 is 11.6 Å². The number of likely N-dealkylation sites (N-methyl/N-ethyl adjacent to an activating group) is 1. The molecule has 0 aliphatic rings. The molecule has 0 amide bonds. The summed E-state index contributed by atoms with van der Waals surface area (Å²) >= 11 is 0. The Morgan fingerprint density at radius 3 is 2.85 bits per heavy atom. The third-order valence-electron chi connectivity index (χ3n) is 4.97. The van der Waals surface area contributed by atoms with Gasteiger partial charge in [0.2, 0.25) is 5.95 Å². The fourth-order valence-corrected chi connectivity index (χ4v) is 3.27. The van der Waals surface area contributed by atoms with E-state index in [1.165, 1.54) is 0 Å². The van der Waals surface area contributed by atoms with E-state index < -0.39 is 0 Å². The lowest BCUT2D eigenvalue weighted by atomic mass is 10.3. The van der Waals surface area contributed by atoms with Crippen molar-refractivity contribution < 1.29 is 9.84 Å². The number of aliphatic hydroxyl groups is 1. The lowest BCUT2D eigenvalue weighted by Crippen LogP contribution is -2.24. The van der Waals surface area contributed by atoms with E-state index in [4.69, 9.17) is 9.84 Å². The second kappa shape index (κ2) is 11.2. The number of aromatic amines is 1. The highest BCUT2D eigenvalue weighted by Gasteiger charge is 2.08. The molecule has 0 unspecified atom stereocenters. The smallest absolute Gasteiger partial charge is 0.227 e. The molecule has 0 bridgehead atoms. The van der Waals surface area contributed by atoms with E-state index in [2.05, 4.69) is 35.1 Å². The van der Waals surface area contributed by atoms with Crippen molar-refractivity contribution in [3.63, 3.8) is 0 Å². The van der Waals surface area contributed by atoms with Crippen molar-refractivity contribution in [1.29, 1.82) is 0 Å². The predicted octanol–water partition coefficient (Wildman–Crippen LogP) is 3.37. The topological polar surface area (TPSA) is 112 Å². The summed E-state index contributed by atoms with van der Waals surface area (Å²) in [6.07, 6.45) is 7.83. The molecule has 0 radical (unpaired) electrons. The molecule has 9 heteroatoms. The van der Waals surface area contributed by atoms with Gasteiger partial charge in [0.1, 0.15) is 11.6 Å². The largest absolute Gasteiger partial charge is 0.493 e. The molecule has 33 heavy (non-hydrogen) atoms. The van der Waals surface area contributed by atoms with E-state index in [1.807, 2.05) is 49.5 Å². The quantitative estimate of drug-likeness (QED) is 0.301. The van der Waals surface area contributed by atoms with Gasteiger partial charge in [-0.25, -0.2) is 15.0 Å². The standard InChI is InChI=1S/C24H27N7O2/c1-31(12-13-32)11-4-14-33-20-7-2-6-19(15-20)28-24-26-10-8-21(30-24)22-17-27-23(29-22)18-5-3-9-25-16-18/h2-3,5-10,15-17,32H,4,11-14H2,1H3,(H,27,29)(H,26,28,30). The van der Waals surface area contributed by atoms with Crippen LogP contribution in [0.4, 0.5) is 11.6 Å². The molecular weight excluding hydrogens is 418 g/mol. The minimum Gasteiger partial charge on any atom is -0.493 e. The Labute approximate surface area is 192 Å². The van der Waals surface area contributed by atoms with Gasteiger partial charge in [-0.1, -0.05) is 6.07 Å². The first-order valence-corrected chi connectivity index (χ1v) is 10.8. The van der Waals surface area contributed by atoms with Gasteiger partial charge in [-0.2, -0.15) is 0 Å². The Morgan fingerprint density at radius 2 is 2.00 bits per heavy atom. The predicted molar refractivity (Wildman–Crippen MR) is 127 cm³/mol. The van der Waals surface area contributed by atoms with Gasteiger partial charge in [-0.3, -0.25) is 4.98 Å². The highest BCUT2D eigenvalue weighted by atomic mass is 16.5. The number of aromatic nitrogens is 5. The zero-order valence-electron chi connectivity index (χ0n) is 18.5. The summed E-state index contributed by atoms with van der Waals surface area (Å²) < 4.78 is 5.86. The number of imidazole rings is 1. The van der Waals surface area contributed by atoms with Gasteiger partial charge in [-0.15, -0.1) is 0 Å². The Bertz CT molecular complexity index is 1150. The molecule has 170 valence electrons. The number of hydrogen-bond acceptors (Lipinski definition) is 8. The highest BCUT2D eigenvalue weighted by Crippen LogP contribution is 2.23. The molecule has 3 aromatic heterocycles. The third kappa shape index (κ3) is 6.34. The van der Waals surface area contributed by atoms with Crippen molar-refractivity contribution in [3.05, 3.63) is 67.3 Å². The monoisotopic (exact) mass is 445 g/mol. The van der Waals surface area contributed by atoms with Gasteiger partial charge in [0.25, 0.3) is 0 Å². The van der Waals surface area contributed by atoms with Crippen molar-refractivity contribution in [2.24, 2.45) is 0 Å². The van der Waals surface area contributed by atoms with Crippen LogP contribution in [0.1, 0.15) is 6.42 Å². The zero-order chi connectivity index (χ0) is 22.9. The minimum atomic E-state index is 0.167. The lowest BCUT2D eigenvalue weighted by Gasteiger charge is -2.15. The molecule has 0 aliphatic carbocycles. The van der Waals surface area contributed by atoms with E-state index in [-0.39, 0.29) is 6.61 Å². The van der Waals surface area contributed by atoms with Crippen LogP contribution in [-0.4, -0.2) is 68.3 Å². The number of rotatable bonds is 11. The number of nitrogens with one attached hydrogen (secondary N) is 2. The van der Waals surface area contributed by atoms with E-state index in [0.717, 1.165) is 47.2 Å². The van der Waals surface area contributed by atoms with E-state index in [1.54, 1.807) is 24.8 Å². The summed E-state index contributed by atoms with van der Waals surface area (Å²) in [7, 11) is 1.98. The third-order valence-corrected chi connectivity index (χ3v) is 4.97. The van der Waals surface area contributed by atoms with Crippen LogP contribution in [0.25, 0.3) is 22.8 Å². The van der Waals surface area contributed by atoms with Gasteiger partial charge in [0, 0.05) is 49.0 Å². The van der Waals surface area contributed by atoms with Crippen LogP contribution >= 0.6 is 0 Å². The first-order chi connectivity index (χ1) is 16.2. The van der Waals surface area contributed by atoms with Crippen LogP contribution < -0.4 is 10.1 Å². The average molecular weight is 446 g/mol. The number of ether oxygens (including phenoxy) is 1. The van der Waals surface area contributed by atoms with Crippen LogP contribution in [0.2, 0.25) is 0 Å². The van der Waals surface area contributed by atoms with Gasteiger partial charge >= 0.3 is 0 Å². The molecule has 3 N–H and O–H groups in total. The molecule has 0 atom stereocenters. The molecule has 0 fully saturated rings. The van der Waals surface area contributed by atoms with Gasteiger partial charge in [-0.05, 0) is 43.8 Å².